The second-order valence-electron chi connectivity index (χ2n) is 9.36. The number of rotatable bonds is 8. The van der Waals surface area contributed by atoms with Crippen LogP contribution >= 0.6 is 0 Å². The summed E-state index contributed by atoms with van der Waals surface area (Å²) in [5.41, 5.74) is 5.05. The monoisotopic (exact) mass is 482 g/mol. The number of unbranched alkanes of at least 4 members (excludes halogenated alkanes) is 1. The smallest absolute Gasteiger partial charge is 0.335 e. The quantitative estimate of drug-likeness (QED) is 0.305. The highest BCUT2D eigenvalue weighted by molar-refractivity contribution is 6.00. The van der Waals surface area contributed by atoms with E-state index < -0.39 is 5.97 Å². The Labute approximate surface area is 210 Å². The lowest BCUT2D eigenvalue weighted by Gasteiger charge is -2.25. The van der Waals surface area contributed by atoms with Crippen LogP contribution in [-0.4, -0.2) is 34.2 Å². The molecular weight excluding hydrogens is 452 g/mol. The third kappa shape index (κ3) is 4.85. The van der Waals surface area contributed by atoms with E-state index in [2.05, 4.69) is 28.2 Å². The molecule has 1 aromatic heterocycles. The zero-order chi connectivity index (χ0) is 25.1. The maximum Gasteiger partial charge on any atom is 0.335 e. The number of carbonyl (C=O) groups excluding carboxylic acids is 1. The number of benzene rings is 3. The molecule has 184 valence electrons. The van der Waals surface area contributed by atoms with Crippen molar-refractivity contribution >= 4 is 22.8 Å². The van der Waals surface area contributed by atoms with Gasteiger partial charge in [0.25, 0.3) is 5.91 Å². The predicted octanol–water partition coefficient (Wildman–Crippen LogP) is 5.93. The molecule has 0 aliphatic carbocycles. The normalized spacial score (nSPS) is 14.8. The van der Waals surface area contributed by atoms with Gasteiger partial charge in [0.05, 0.1) is 17.2 Å². The average molecular weight is 483 g/mol. The maximum atomic E-state index is 12.8. The number of para-hydroxylation sites is 1. The third-order valence-electron chi connectivity index (χ3n) is 6.81. The summed E-state index contributed by atoms with van der Waals surface area (Å²) >= 11 is 0. The molecule has 2 N–H and O–H groups in total. The van der Waals surface area contributed by atoms with Crippen LogP contribution in [0.3, 0.4) is 0 Å². The first kappa shape index (κ1) is 23.7. The van der Waals surface area contributed by atoms with E-state index in [4.69, 9.17) is 4.74 Å². The van der Waals surface area contributed by atoms with Crippen molar-refractivity contribution < 1.29 is 19.4 Å². The van der Waals surface area contributed by atoms with Crippen LogP contribution in [0.25, 0.3) is 22.0 Å². The Kier molecular flexibility index (Phi) is 6.76. The van der Waals surface area contributed by atoms with E-state index in [-0.39, 0.29) is 17.6 Å². The molecule has 1 unspecified atom stereocenters. The van der Waals surface area contributed by atoms with Gasteiger partial charge in [-0.1, -0.05) is 48.5 Å². The molecule has 1 aliphatic rings. The van der Waals surface area contributed by atoms with Gasteiger partial charge in [-0.15, -0.1) is 0 Å². The number of carbonyl (C=O) groups is 2. The molecular formula is C30H30N2O4. The first-order valence-corrected chi connectivity index (χ1v) is 12.5. The second-order valence-corrected chi connectivity index (χ2v) is 9.36. The standard InChI is InChI=1S/C30H30N2O4/c1-20-12-13-22-10-7-11-25(28(22)36-20)29(33)31-16-5-6-17-32-19-26(21-8-3-2-4-9-21)24-15-14-23(30(34)35)18-27(24)32/h2-4,7-11,14-15,18-20H,5-6,12-13,16-17H2,1H3,(H,31,33)(H,34,35). The topological polar surface area (TPSA) is 80.6 Å². The van der Waals surface area contributed by atoms with Crippen LogP contribution in [0.4, 0.5) is 0 Å². The largest absolute Gasteiger partial charge is 0.490 e. The molecule has 0 fully saturated rings. The van der Waals surface area contributed by atoms with Crippen molar-refractivity contribution in [2.45, 2.75) is 45.3 Å². The Bertz CT molecular complexity index is 1410. The Morgan fingerprint density at radius 2 is 1.89 bits per heavy atom. The lowest BCUT2D eigenvalue weighted by molar-refractivity contribution is 0.0696. The third-order valence-corrected chi connectivity index (χ3v) is 6.81. The molecule has 6 heteroatoms. The van der Waals surface area contributed by atoms with Crippen LogP contribution in [0.5, 0.6) is 5.75 Å². The lowest BCUT2D eigenvalue weighted by atomic mass is 9.99. The van der Waals surface area contributed by atoms with Gasteiger partial charge in [0.1, 0.15) is 5.75 Å². The Morgan fingerprint density at radius 3 is 2.69 bits per heavy atom. The number of carboxylic acid groups (broad SMARTS) is 1. The van der Waals surface area contributed by atoms with Gasteiger partial charge >= 0.3 is 5.97 Å². The molecule has 1 atom stereocenters. The highest BCUT2D eigenvalue weighted by atomic mass is 16.5. The van der Waals surface area contributed by atoms with Gasteiger partial charge in [0, 0.05) is 35.8 Å². The van der Waals surface area contributed by atoms with Crippen LogP contribution in [-0.2, 0) is 13.0 Å². The van der Waals surface area contributed by atoms with Gasteiger partial charge in [0.2, 0.25) is 0 Å². The summed E-state index contributed by atoms with van der Waals surface area (Å²) in [4.78, 5) is 24.4. The van der Waals surface area contributed by atoms with Crippen molar-refractivity contribution in [3.8, 4) is 16.9 Å². The van der Waals surface area contributed by atoms with E-state index >= 15 is 0 Å². The lowest BCUT2D eigenvalue weighted by Crippen LogP contribution is -2.27. The molecule has 1 aliphatic heterocycles. The van der Waals surface area contributed by atoms with E-state index in [0.717, 1.165) is 65.6 Å². The number of aryl methyl sites for hydroxylation is 2. The first-order chi connectivity index (χ1) is 17.5. The number of ether oxygens (including phenoxy) is 1. The fourth-order valence-corrected chi connectivity index (χ4v) is 4.88. The molecule has 36 heavy (non-hydrogen) atoms. The molecule has 0 saturated carbocycles. The summed E-state index contributed by atoms with van der Waals surface area (Å²) in [6, 6.07) is 21.2. The van der Waals surface area contributed by atoms with Crippen molar-refractivity contribution in [2.75, 3.05) is 6.54 Å². The van der Waals surface area contributed by atoms with Gasteiger partial charge in [-0.25, -0.2) is 4.79 Å². The minimum absolute atomic E-state index is 0.107. The summed E-state index contributed by atoms with van der Waals surface area (Å²) in [5, 5.41) is 13.5. The number of carboxylic acids is 1. The van der Waals surface area contributed by atoms with Crippen LogP contribution in [0.15, 0.2) is 72.9 Å². The minimum Gasteiger partial charge on any atom is -0.490 e. The number of fused-ring (bicyclic) bond motifs is 2. The van der Waals surface area contributed by atoms with Crippen molar-refractivity contribution in [3.05, 3.63) is 89.6 Å². The van der Waals surface area contributed by atoms with E-state index in [1.165, 1.54) is 0 Å². The fraction of sp³-hybridized carbons (Fsp3) is 0.267. The summed E-state index contributed by atoms with van der Waals surface area (Å²) in [5.74, 6) is -0.324. The highest BCUT2D eigenvalue weighted by Gasteiger charge is 2.22. The highest BCUT2D eigenvalue weighted by Crippen LogP contribution is 2.32. The molecule has 0 bridgehead atoms. The van der Waals surface area contributed by atoms with Crippen LogP contribution in [0.2, 0.25) is 0 Å². The van der Waals surface area contributed by atoms with Gasteiger partial charge in [0.15, 0.2) is 0 Å². The van der Waals surface area contributed by atoms with Crippen molar-refractivity contribution in [2.24, 2.45) is 0 Å². The van der Waals surface area contributed by atoms with E-state index in [1.54, 1.807) is 12.1 Å². The number of nitrogens with one attached hydrogen (secondary N) is 1. The van der Waals surface area contributed by atoms with Gasteiger partial charge < -0.3 is 19.7 Å². The summed E-state index contributed by atoms with van der Waals surface area (Å²) in [7, 11) is 0. The summed E-state index contributed by atoms with van der Waals surface area (Å²) in [6.45, 7) is 3.32. The predicted molar refractivity (Wildman–Crippen MR) is 141 cm³/mol. The first-order valence-electron chi connectivity index (χ1n) is 12.5. The number of hydrogen-bond donors (Lipinski definition) is 2. The maximum absolute atomic E-state index is 12.8. The Morgan fingerprint density at radius 1 is 1.06 bits per heavy atom. The number of amides is 1. The van der Waals surface area contributed by atoms with Crippen LogP contribution in [0.1, 0.15) is 52.5 Å². The second kappa shape index (κ2) is 10.3. The molecule has 6 nitrogen and oxygen atoms in total. The fourth-order valence-electron chi connectivity index (χ4n) is 4.88. The zero-order valence-electron chi connectivity index (χ0n) is 20.4. The van der Waals surface area contributed by atoms with E-state index in [1.807, 2.05) is 49.4 Å². The van der Waals surface area contributed by atoms with E-state index in [9.17, 15) is 14.7 Å². The number of aromatic nitrogens is 1. The van der Waals surface area contributed by atoms with Crippen LogP contribution < -0.4 is 10.1 Å². The van der Waals surface area contributed by atoms with Gasteiger partial charge in [-0.2, -0.15) is 0 Å². The molecule has 0 saturated heterocycles. The van der Waals surface area contributed by atoms with Crippen molar-refractivity contribution in [1.29, 1.82) is 0 Å². The number of aromatic carboxylic acids is 1. The average Bonchev–Trinajstić information content (AvgIpc) is 3.26. The Balaban J connectivity index is 1.26. The molecule has 1 amide bonds. The van der Waals surface area contributed by atoms with Gasteiger partial charge in [-0.05, 0) is 61.9 Å². The zero-order valence-corrected chi connectivity index (χ0v) is 20.4. The molecule has 2 heterocycles. The minimum atomic E-state index is -0.935. The Hall–Kier alpha value is -4.06. The molecule has 3 aromatic carbocycles. The number of hydrogen-bond acceptors (Lipinski definition) is 3. The summed E-state index contributed by atoms with van der Waals surface area (Å²) < 4.78 is 8.09. The molecule has 0 radical (unpaired) electrons. The van der Waals surface area contributed by atoms with Gasteiger partial charge in [-0.3, -0.25) is 4.79 Å². The molecule has 0 spiro atoms. The SMILES string of the molecule is CC1CCc2cccc(C(=O)NCCCCn3cc(-c4ccccc4)c4ccc(C(=O)O)cc43)c2O1. The molecule has 5 rings (SSSR count). The molecule has 4 aromatic rings. The van der Waals surface area contributed by atoms with Crippen LogP contribution in [0, 0.1) is 0 Å². The van der Waals surface area contributed by atoms with Crippen molar-refractivity contribution in [1.82, 2.24) is 9.88 Å². The van der Waals surface area contributed by atoms with Crippen molar-refractivity contribution in [3.63, 3.8) is 0 Å². The summed E-state index contributed by atoms with van der Waals surface area (Å²) in [6.07, 6.45) is 5.75. The number of nitrogens with zero attached hydrogens (tertiary/aromatic N) is 1. The van der Waals surface area contributed by atoms with E-state index in [0.29, 0.717) is 12.1 Å².